The smallest absolute Gasteiger partial charge is 0.345 e. The van der Waals surface area contributed by atoms with Crippen LogP contribution in [0, 0.1) is 0 Å². The summed E-state index contributed by atoms with van der Waals surface area (Å²) in [5, 5.41) is 3.90. The van der Waals surface area contributed by atoms with Crippen LogP contribution in [-0.4, -0.2) is 43.9 Å². The molecule has 0 aliphatic rings. The molecule has 0 bridgehead atoms. The zero-order chi connectivity index (χ0) is 22.8. The van der Waals surface area contributed by atoms with Crippen LogP contribution in [0.1, 0.15) is 15.9 Å². The lowest BCUT2D eigenvalue weighted by molar-refractivity contribution is -0.123. The molecule has 1 heterocycles. The first-order chi connectivity index (χ1) is 15.6. The van der Waals surface area contributed by atoms with Crippen molar-refractivity contribution in [3.05, 3.63) is 78.1 Å². The molecule has 3 aromatic rings. The number of hydrogen-bond donors (Lipinski definition) is 1. The maximum atomic E-state index is 12.2. The molecule has 3 rings (SSSR count). The molecule has 0 radical (unpaired) electrons. The summed E-state index contributed by atoms with van der Waals surface area (Å²) in [4.78, 5) is 28.0. The van der Waals surface area contributed by atoms with Crippen molar-refractivity contribution >= 4 is 18.1 Å². The van der Waals surface area contributed by atoms with Gasteiger partial charge in [0.15, 0.2) is 18.1 Å². The number of carbonyl (C=O) groups is 2. The van der Waals surface area contributed by atoms with Gasteiger partial charge in [-0.15, -0.1) is 0 Å². The van der Waals surface area contributed by atoms with Gasteiger partial charge in [0, 0.05) is 12.4 Å². The van der Waals surface area contributed by atoms with Crippen LogP contribution in [0.4, 0.5) is 0 Å². The SMILES string of the molecule is COc1ccc(OCC(=O)N/N=C/c2ccc(OC(=O)c3cccnc3)c(OC)c2)cc1. The zero-order valence-corrected chi connectivity index (χ0v) is 17.5. The Bertz CT molecular complexity index is 1080. The van der Waals surface area contributed by atoms with E-state index in [0.29, 0.717) is 28.4 Å². The van der Waals surface area contributed by atoms with E-state index in [-0.39, 0.29) is 12.4 Å². The molecule has 1 N–H and O–H groups in total. The summed E-state index contributed by atoms with van der Waals surface area (Å²) < 4.78 is 21.1. The molecule has 0 atom stereocenters. The summed E-state index contributed by atoms with van der Waals surface area (Å²) in [6, 6.07) is 15.0. The van der Waals surface area contributed by atoms with Gasteiger partial charge in [0.1, 0.15) is 11.5 Å². The van der Waals surface area contributed by atoms with Crippen LogP contribution in [0.15, 0.2) is 72.1 Å². The number of nitrogens with one attached hydrogen (secondary N) is 1. The average Bonchev–Trinajstić information content (AvgIpc) is 2.84. The van der Waals surface area contributed by atoms with Crippen LogP contribution in [0.5, 0.6) is 23.0 Å². The fourth-order valence-corrected chi connectivity index (χ4v) is 2.52. The van der Waals surface area contributed by atoms with Gasteiger partial charge in [-0.1, -0.05) is 0 Å². The highest BCUT2D eigenvalue weighted by Gasteiger charge is 2.13. The summed E-state index contributed by atoms with van der Waals surface area (Å²) >= 11 is 0. The molecule has 0 aliphatic carbocycles. The van der Waals surface area contributed by atoms with Crippen LogP contribution in [0.2, 0.25) is 0 Å². The van der Waals surface area contributed by atoms with E-state index < -0.39 is 11.9 Å². The topological polar surface area (TPSA) is 108 Å². The largest absolute Gasteiger partial charge is 0.497 e. The third kappa shape index (κ3) is 6.30. The number of ether oxygens (including phenoxy) is 4. The predicted molar refractivity (Wildman–Crippen MR) is 116 cm³/mol. The van der Waals surface area contributed by atoms with Crippen molar-refractivity contribution in [3.63, 3.8) is 0 Å². The first kappa shape index (κ1) is 22.3. The molecule has 0 saturated carbocycles. The summed E-state index contributed by atoms with van der Waals surface area (Å²) in [5.41, 5.74) is 3.32. The monoisotopic (exact) mass is 435 g/mol. The quantitative estimate of drug-likeness (QED) is 0.238. The molecule has 9 heteroatoms. The van der Waals surface area contributed by atoms with Crippen molar-refractivity contribution in [1.82, 2.24) is 10.4 Å². The van der Waals surface area contributed by atoms with Gasteiger partial charge in [0.25, 0.3) is 5.91 Å². The van der Waals surface area contributed by atoms with Gasteiger partial charge < -0.3 is 18.9 Å². The Labute approximate surface area is 184 Å². The molecule has 2 aromatic carbocycles. The van der Waals surface area contributed by atoms with E-state index in [0.717, 1.165) is 0 Å². The highest BCUT2D eigenvalue weighted by atomic mass is 16.6. The third-order valence-electron chi connectivity index (χ3n) is 4.12. The number of pyridine rings is 1. The zero-order valence-electron chi connectivity index (χ0n) is 17.5. The Morgan fingerprint density at radius 2 is 1.78 bits per heavy atom. The van der Waals surface area contributed by atoms with E-state index in [9.17, 15) is 9.59 Å². The number of hydrazone groups is 1. The van der Waals surface area contributed by atoms with Gasteiger partial charge in [-0.05, 0) is 60.2 Å². The molecule has 1 amide bonds. The lowest BCUT2D eigenvalue weighted by atomic mass is 10.2. The lowest BCUT2D eigenvalue weighted by Crippen LogP contribution is -2.24. The van der Waals surface area contributed by atoms with E-state index in [1.807, 2.05) is 0 Å². The highest BCUT2D eigenvalue weighted by Crippen LogP contribution is 2.28. The number of rotatable bonds is 9. The Morgan fingerprint density at radius 1 is 1.00 bits per heavy atom. The minimum Gasteiger partial charge on any atom is -0.497 e. The number of nitrogens with zero attached hydrogens (tertiary/aromatic N) is 2. The number of carbonyl (C=O) groups excluding carboxylic acids is 2. The molecular formula is C23H21N3O6. The fraction of sp³-hybridized carbons (Fsp3) is 0.130. The molecule has 0 fully saturated rings. The molecule has 0 saturated heterocycles. The van der Waals surface area contributed by atoms with Crippen molar-refractivity contribution < 1.29 is 28.5 Å². The predicted octanol–water partition coefficient (Wildman–Crippen LogP) is 2.85. The molecule has 164 valence electrons. The molecule has 1 aromatic heterocycles. The summed E-state index contributed by atoms with van der Waals surface area (Å²) in [6.45, 7) is -0.198. The molecule has 0 unspecified atom stereocenters. The van der Waals surface area contributed by atoms with Crippen LogP contribution >= 0.6 is 0 Å². The van der Waals surface area contributed by atoms with Gasteiger partial charge in [0.2, 0.25) is 0 Å². The Hall–Kier alpha value is -4.40. The Kier molecular flexibility index (Phi) is 7.74. The first-order valence-electron chi connectivity index (χ1n) is 9.48. The number of hydrogen-bond acceptors (Lipinski definition) is 8. The lowest BCUT2D eigenvalue weighted by Gasteiger charge is -2.09. The second-order valence-corrected chi connectivity index (χ2v) is 6.30. The second-order valence-electron chi connectivity index (χ2n) is 6.30. The number of benzene rings is 2. The highest BCUT2D eigenvalue weighted by molar-refractivity contribution is 5.91. The van der Waals surface area contributed by atoms with E-state index in [1.165, 1.54) is 19.5 Å². The van der Waals surface area contributed by atoms with Gasteiger partial charge in [-0.3, -0.25) is 9.78 Å². The van der Waals surface area contributed by atoms with Crippen LogP contribution in [0.3, 0.4) is 0 Å². The summed E-state index contributed by atoms with van der Waals surface area (Å²) in [7, 11) is 3.02. The third-order valence-corrected chi connectivity index (χ3v) is 4.12. The van der Waals surface area contributed by atoms with Crippen molar-refractivity contribution in [2.75, 3.05) is 20.8 Å². The Balaban J connectivity index is 1.53. The fourth-order valence-electron chi connectivity index (χ4n) is 2.52. The second kappa shape index (κ2) is 11.1. The molecule has 32 heavy (non-hydrogen) atoms. The summed E-state index contributed by atoms with van der Waals surface area (Å²) in [5.74, 6) is 0.828. The van der Waals surface area contributed by atoms with Gasteiger partial charge in [0.05, 0.1) is 26.0 Å². The number of esters is 1. The molecule has 0 spiro atoms. The van der Waals surface area contributed by atoms with Crippen molar-refractivity contribution in [1.29, 1.82) is 0 Å². The summed E-state index contributed by atoms with van der Waals surface area (Å²) in [6.07, 6.45) is 4.41. The van der Waals surface area contributed by atoms with Crippen molar-refractivity contribution in [2.45, 2.75) is 0 Å². The minimum absolute atomic E-state index is 0.198. The van der Waals surface area contributed by atoms with E-state index in [1.54, 1.807) is 67.9 Å². The van der Waals surface area contributed by atoms with E-state index in [2.05, 4.69) is 15.5 Å². The van der Waals surface area contributed by atoms with Crippen LogP contribution in [-0.2, 0) is 4.79 Å². The number of aromatic nitrogens is 1. The normalized spacial score (nSPS) is 10.4. The Morgan fingerprint density at radius 3 is 2.47 bits per heavy atom. The van der Waals surface area contributed by atoms with Gasteiger partial charge in [-0.25, -0.2) is 10.2 Å². The molecule has 9 nitrogen and oxygen atoms in total. The maximum absolute atomic E-state index is 12.2. The molecule has 0 aliphatic heterocycles. The van der Waals surface area contributed by atoms with E-state index in [4.69, 9.17) is 18.9 Å². The standard InChI is InChI=1S/C23H21N3O6/c1-29-18-6-8-19(9-7-18)31-15-22(27)26-25-13-16-5-10-20(21(12-16)30-2)32-23(28)17-4-3-11-24-14-17/h3-14H,15H2,1-2H3,(H,26,27)/b25-13+. The average molecular weight is 435 g/mol. The van der Waals surface area contributed by atoms with E-state index >= 15 is 0 Å². The first-order valence-corrected chi connectivity index (χ1v) is 9.48. The van der Waals surface area contributed by atoms with Gasteiger partial charge >= 0.3 is 5.97 Å². The maximum Gasteiger partial charge on any atom is 0.345 e. The minimum atomic E-state index is -0.554. The molecular weight excluding hydrogens is 414 g/mol. The van der Waals surface area contributed by atoms with Gasteiger partial charge in [-0.2, -0.15) is 5.10 Å². The van der Waals surface area contributed by atoms with Crippen molar-refractivity contribution in [2.24, 2.45) is 5.10 Å². The number of methoxy groups -OCH3 is 2. The number of amides is 1. The van der Waals surface area contributed by atoms with Crippen LogP contribution in [0.25, 0.3) is 0 Å². The van der Waals surface area contributed by atoms with Crippen LogP contribution < -0.4 is 24.4 Å². The van der Waals surface area contributed by atoms with Crippen molar-refractivity contribution in [3.8, 4) is 23.0 Å².